The van der Waals surface area contributed by atoms with E-state index in [1.165, 1.54) is 19.2 Å². The Labute approximate surface area is 58.7 Å². The summed E-state index contributed by atoms with van der Waals surface area (Å²) in [6.07, 6.45) is 0. The summed E-state index contributed by atoms with van der Waals surface area (Å²) in [5.74, 6) is 0.781. The Bertz CT molecular complexity index is 193. The molecule has 1 N–H and O–H groups in total. The van der Waals surface area contributed by atoms with Crippen LogP contribution in [0.4, 0.5) is 0 Å². The fourth-order valence-electron chi connectivity index (χ4n) is 0.598. The predicted molar refractivity (Wildman–Crippen MR) is 35.7 cm³/mol. The zero-order valence-corrected chi connectivity index (χ0v) is 5.57. The van der Waals surface area contributed by atoms with Crippen LogP contribution in [0.25, 0.3) is 0 Å². The van der Waals surface area contributed by atoms with Crippen LogP contribution in [-0.4, -0.2) is 12.2 Å². The van der Waals surface area contributed by atoms with Gasteiger partial charge in [-0.05, 0) is 24.3 Å². The smallest absolute Gasteiger partial charge is 0.165 e. The van der Waals surface area contributed by atoms with Crippen LogP contribution in [-0.2, 0) is 4.89 Å². The number of phenols is 1. The minimum Gasteiger partial charge on any atom is -0.508 e. The number of phenolic OH excluding ortho intramolecular Hbond substituents is 1. The summed E-state index contributed by atoms with van der Waals surface area (Å²) in [5.41, 5.74) is 0. The van der Waals surface area contributed by atoms with E-state index in [9.17, 15) is 0 Å². The van der Waals surface area contributed by atoms with Gasteiger partial charge in [0.15, 0.2) is 5.75 Å². The fraction of sp³-hybridized carbons (Fsp3) is 0.143. The summed E-state index contributed by atoms with van der Waals surface area (Å²) in [4.78, 5) is 9.04. The Morgan fingerprint density at radius 3 is 2.30 bits per heavy atom. The van der Waals surface area contributed by atoms with Gasteiger partial charge in [0.1, 0.15) is 5.75 Å². The molecule has 0 saturated heterocycles. The minimum absolute atomic E-state index is 0.212. The van der Waals surface area contributed by atoms with E-state index in [1.54, 1.807) is 12.1 Å². The highest BCUT2D eigenvalue weighted by atomic mass is 17.2. The van der Waals surface area contributed by atoms with Gasteiger partial charge in [-0.3, -0.25) is 0 Å². The molecule has 54 valence electrons. The molecule has 0 aromatic heterocycles. The Morgan fingerprint density at radius 1 is 1.20 bits per heavy atom. The highest BCUT2D eigenvalue weighted by Gasteiger charge is 1.91. The van der Waals surface area contributed by atoms with Gasteiger partial charge in [0.2, 0.25) is 0 Å². The molecule has 0 amide bonds. The van der Waals surface area contributed by atoms with E-state index in [4.69, 9.17) is 5.11 Å². The Hall–Kier alpha value is -1.22. The third-order valence-corrected chi connectivity index (χ3v) is 1.02. The maximum atomic E-state index is 8.83. The van der Waals surface area contributed by atoms with Crippen LogP contribution < -0.4 is 4.89 Å². The average Bonchev–Trinajstić information content (AvgIpc) is 1.95. The molecule has 0 unspecified atom stereocenters. The summed E-state index contributed by atoms with van der Waals surface area (Å²) in [6.45, 7) is 0. The normalized spacial score (nSPS) is 9.30. The minimum atomic E-state index is 0.212. The van der Waals surface area contributed by atoms with Crippen molar-refractivity contribution in [1.82, 2.24) is 0 Å². The van der Waals surface area contributed by atoms with Crippen LogP contribution in [0.2, 0.25) is 0 Å². The van der Waals surface area contributed by atoms with Gasteiger partial charge in [0.05, 0.1) is 7.11 Å². The molecule has 1 aromatic carbocycles. The van der Waals surface area contributed by atoms with E-state index >= 15 is 0 Å². The largest absolute Gasteiger partial charge is 0.508 e. The fourth-order valence-corrected chi connectivity index (χ4v) is 0.598. The van der Waals surface area contributed by atoms with Crippen LogP contribution >= 0.6 is 0 Å². The molecule has 0 saturated carbocycles. The van der Waals surface area contributed by atoms with Crippen LogP contribution in [0, 0.1) is 0 Å². The predicted octanol–water partition coefficient (Wildman–Crippen LogP) is 1.33. The van der Waals surface area contributed by atoms with Crippen molar-refractivity contribution in [3.8, 4) is 11.5 Å². The molecule has 0 heterocycles. The standard InChI is InChI=1S/C7H8O3/c1-9-10-7-4-2-6(8)3-5-7/h2-5,8H,1H3. The van der Waals surface area contributed by atoms with Crippen LogP contribution in [0.3, 0.4) is 0 Å². The number of benzene rings is 1. The number of aromatic hydroxyl groups is 1. The molecule has 0 aliphatic heterocycles. The highest BCUT2D eigenvalue weighted by molar-refractivity contribution is 5.29. The molecule has 1 rings (SSSR count). The van der Waals surface area contributed by atoms with E-state index < -0.39 is 0 Å². The summed E-state index contributed by atoms with van der Waals surface area (Å²) in [5, 5.41) is 8.83. The quantitative estimate of drug-likeness (QED) is 0.497. The molecule has 3 heteroatoms. The zero-order chi connectivity index (χ0) is 7.40. The zero-order valence-electron chi connectivity index (χ0n) is 5.57. The highest BCUT2D eigenvalue weighted by Crippen LogP contribution is 2.15. The number of hydrogen-bond acceptors (Lipinski definition) is 3. The lowest BCUT2D eigenvalue weighted by Crippen LogP contribution is -1.88. The second-order valence-electron chi connectivity index (χ2n) is 1.74. The van der Waals surface area contributed by atoms with Gasteiger partial charge in [0.25, 0.3) is 0 Å². The number of hydrogen-bond donors (Lipinski definition) is 1. The first-order valence-electron chi connectivity index (χ1n) is 2.82. The average molecular weight is 140 g/mol. The topological polar surface area (TPSA) is 38.7 Å². The van der Waals surface area contributed by atoms with Crippen molar-refractivity contribution < 1.29 is 14.9 Å². The third kappa shape index (κ3) is 1.63. The van der Waals surface area contributed by atoms with E-state index in [1.807, 2.05) is 0 Å². The van der Waals surface area contributed by atoms with Crippen molar-refractivity contribution in [1.29, 1.82) is 0 Å². The van der Waals surface area contributed by atoms with E-state index in [2.05, 4.69) is 9.78 Å². The molecule has 3 nitrogen and oxygen atoms in total. The molecule has 1 aromatic rings. The lowest BCUT2D eigenvalue weighted by atomic mass is 10.3. The SMILES string of the molecule is COOc1ccc(O)cc1. The van der Waals surface area contributed by atoms with Gasteiger partial charge in [0, 0.05) is 0 Å². The Morgan fingerprint density at radius 2 is 1.80 bits per heavy atom. The maximum absolute atomic E-state index is 8.83. The van der Waals surface area contributed by atoms with Gasteiger partial charge in [-0.1, -0.05) is 0 Å². The van der Waals surface area contributed by atoms with Gasteiger partial charge in [-0.25, -0.2) is 0 Å². The molecule has 0 spiro atoms. The van der Waals surface area contributed by atoms with Crippen molar-refractivity contribution >= 4 is 0 Å². The molecule has 0 atom stereocenters. The van der Waals surface area contributed by atoms with E-state index in [0.29, 0.717) is 5.75 Å². The Balaban J connectivity index is 2.69. The molecule has 0 radical (unpaired) electrons. The first-order valence-corrected chi connectivity index (χ1v) is 2.82. The van der Waals surface area contributed by atoms with Gasteiger partial charge >= 0.3 is 0 Å². The summed E-state index contributed by atoms with van der Waals surface area (Å²) >= 11 is 0. The van der Waals surface area contributed by atoms with Crippen molar-refractivity contribution in [3.63, 3.8) is 0 Å². The summed E-state index contributed by atoms with van der Waals surface area (Å²) < 4.78 is 0. The van der Waals surface area contributed by atoms with Crippen molar-refractivity contribution in [2.24, 2.45) is 0 Å². The first kappa shape index (κ1) is 6.89. The van der Waals surface area contributed by atoms with E-state index in [-0.39, 0.29) is 5.75 Å². The Kier molecular flexibility index (Phi) is 2.12. The number of rotatable bonds is 2. The second-order valence-corrected chi connectivity index (χ2v) is 1.74. The molecule has 0 bridgehead atoms. The monoisotopic (exact) mass is 140 g/mol. The molecular formula is C7H8O3. The molecular weight excluding hydrogens is 132 g/mol. The first-order chi connectivity index (χ1) is 4.83. The van der Waals surface area contributed by atoms with Crippen molar-refractivity contribution in [2.75, 3.05) is 7.11 Å². The van der Waals surface area contributed by atoms with Crippen LogP contribution in [0.5, 0.6) is 11.5 Å². The molecule has 0 aliphatic carbocycles. The third-order valence-electron chi connectivity index (χ3n) is 1.02. The van der Waals surface area contributed by atoms with Gasteiger partial charge in [-0.15, -0.1) is 0 Å². The molecule has 10 heavy (non-hydrogen) atoms. The van der Waals surface area contributed by atoms with Gasteiger partial charge in [-0.2, -0.15) is 4.89 Å². The lowest BCUT2D eigenvalue weighted by molar-refractivity contribution is -0.178. The lowest BCUT2D eigenvalue weighted by Gasteiger charge is -1.98. The maximum Gasteiger partial charge on any atom is 0.165 e. The molecule has 0 aliphatic rings. The van der Waals surface area contributed by atoms with Crippen LogP contribution in [0.1, 0.15) is 0 Å². The van der Waals surface area contributed by atoms with Crippen molar-refractivity contribution in [3.05, 3.63) is 24.3 Å². The second kappa shape index (κ2) is 3.08. The van der Waals surface area contributed by atoms with Gasteiger partial charge < -0.3 is 9.99 Å². The van der Waals surface area contributed by atoms with Crippen LogP contribution in [0.15, 0.2) is 24.3 Å². The summed E-state index contributed by atoms with van der Waals surface area (Å²) in [6, 6.07) is 6.26. The van der Waals surface area contributed by atoms with Crippen molar-refractivity contribution in [2.45, 2.75) is 0 Å². The molecule has 0 fully saturated rings. The summed E-state index contributed by atoms with van der Waals surface area (Å²) in [7, 11) is 1.42. The van der Waals surface area contributed by atoms with E-state index in [0.717, 1.165) is 0 Å².